The van der Waals surface area contributed by atoms with E-state index in [9.17, 15) is 13.2 Å². The molecule has 1 aliphatic heterocycles. The molecule has 22 heavy (non-hydrogen) atoms. The van der Waals surface area contributed by atoms with Crippen LogP contribution in [0.15, 0.2) is 12.4 Å². The Labute approximate surface area is 125 Å². The molecule has 124 valence electrons. The number of ether oxygens (including phenoxy) is 1. The highest BCUT2D eigenvalue weighted by molar-refractivity contribution is 5.73. The van der Waals surface area contributed by atoms with E-state index in [-0.39, 0.29) is 0 Å². The lowest BCUT2D eigenvalue weighted by molar-refractivity contribution is -0.192. The average molecular weight is 322 g/mol. The number of methoxy groups -OCH3 is 1. The Kier molecular flexibility index (Phi) is 6.35. The monoisotopic (exact) mass is 322 g/mol. The van der Waals surface area contributed by atoms with E-state index < -0.39 is 12.1 Å². The summed E-state index contributed by atoms with van der Waals surface area (Å²) in [6.45, 7) is 5.11. The smallest absolute Gasteiger partial charge is 0.481 e. The molecule has 1 atom stereocenters. The number of nitrogens with one attached hydrogen (secondary N) is 1. The number of anilines is 1. The molecule has 1 fully saturated rings. The quantitative estimate of drug-likeness (QED) is 0.837. The zero-order chi connectivity index (χ0) is 16.8. The van der Waals surface area contributed by atoms with Gasteiger partial charge in [-0.2, -0.15) is 13.2 Å². The fraction of sp³-hybridized carbons (Fsp3) is 0.583. The van der Waals surface area contributed by atoms with Crippen LogP contribution in [0.5, 0.6) is 5.88 Å². The Morgan fingerprint density at radius 1 is 1.50 bits per heavy atom. The topological polar surface area (TPSA) is 87.6 Å². The molecule has 1 aromatic rings. The summed E-state index contributed by atoms with van der Waals surface area (Å²) in [5.74, 6) is -1.20. The van der Waals surface area contributed by atoms with Crippen LogP contribution in [0.4, 0.5) is 19.0 Å². The highest BCUT2D eigenvalue weighted by Gasteiger charge is 2.38. The van der Waals surface area contributed by atoms with Gasteiger partial charge < -0.3 is 20.1 Å². The summed E-state index contributed by atoms with van der Waals surface area (Å²) in [6.07, 6.45) is -3.54. The van der Waals surface area contributed by atoms with Gasteiger partial charge in [0.25, 0.3) is 0 Å². The van der Waals surface area contributed by atoms with E-state index in [1.807, 2.05) is 6.07 Å². The fourth-order valence-electron chi connectivity index (χ4n) is 1.75. The first-order valence-electron chi connectivity index (χ1n) is 6.38. The van der Waals surface area contributed by atoms with Crippen LogP contribution in [0, 0.1) is 0 Å². The van der Waals surface area contributed by atoms with Gasteiger partial charge in [0.05, 0.1) is 7.11 Å². The van der Waals surface area contributed by atoms with Crippen molar-refractivity contribution in [2.24, 2.45) is 0 Å². The number of carbonyl (C=O) groups is 1. The third-order valence-corrected chi connectivity index (χ3v) is 2.77. The second-order valence-corrected chi connectivity index (χ2v) is 4.52. The van der Waals surface area contributed by atoms with Crippen molar-refractivity contribution in [1.29, 1.82) is 0 Å². The summed E-state index contributed by atoms with van der Waals surface area (Å²) < 4.78 is 36.8. The molecule has 7 nitrogen and oxygen atoms in total. The van der Waals surface area contributed by atoms with E-state index in [0.717, 1.165) is 25.5 Å². The van der Waals surface area contributed by atoms with Crippen LogP contribution in [-0.2, 0) is 4.79 Å². The van der Waals surface area contributed by atoms with Crippen molar-refractivity contribution in [2.75, 3.05) is 31.6 Å². The largest absolute Gasteiger partial charge is 0.490 e. The number of aliphatic carboxylic acids is 1. The predicted octanol–water partition coefficient (Wildman–Crippen LogP) is 0.917. The number of carboxylic acid groups (broad SMARTS) is 1. The first-order chi connectivity index (χ1) is 10.2. The van der Waals surface area contributed by atoms with Crippen molar-refractivity contribution in [3.63, 3.8) is 0 Å². The second-order valence-electron chi connectivity index (χ2n) is 4.52. The molecule has 0 saturated carbocycles. The van der Waals surface area contributed by atoms with Crippen molar-refractivity contribution in [1.82, 2.24) is 15.3 Å². The van der Waals surface area contributed by atoms with Gasteiger partial charge >= 0.3 is 12.1 Å². The van der Waals surface area contributed by atoms with E-state index in [0.29, 0.717) is 11.9 Å². The molecule has 1 saturated heterocycles. The molecule has 2 heterocycles. The van der Waals surface area contributed by atoms with Crippen molar-refractivity contribution in [2.45, 2.75) is 19.1 Å². The van der Waals surface area contributed by atoms with Gasteiger partial charge in [0.2, 0.25) is 5.88 Å². The Hall–Kier alpha value is -2.10. The molecule has 0 bridgehead atoms. The minimum Gasteiger partial charge on any atom is -0.481 e. The Balaban J connectivity index is 0.000000295. The van der Waals surface area contributed by atoms with E-state index in [2.05, 4.69) is 27.1 Å². The standard InChI is InChI=1S/C10H16N4O.C2HF3O2/c1-8-6-14(4-3-11-8)9-5-10(15-2)13-7-12-9;3-2(4,5)1(6)7/h5,7-8,11H,3-4,6H2,1-2H3;(H,6,7). The van der Waals surface area contributed by atoms with Crippen LogP contribution in [-0.4, -0.2) is 60.0 Å². The van der Waals surface area contributed by atoms with Gasteiger partial charge in [0, 0.05) is 31.7 Å². The number of halogens is 3. The zero-order valence-corrected chi connectivity index (χ0v) is 12.1. The summed E-state index contributed by atoms with van der Waals surface area (Å²) in [5.41, 5.74) is 0. The number of carboxylic acids is 1. The summed E-state index contributed by atoms with van der Waals surface area (Å²) in [4.78, 5) is 19.4. The molecular formula is C12H17F3N4O3. The average Bonchev–Trinajstić information content (AvgIpc) is 2.47. The summed E-state index contributed by atoms with van der Waals surface area (Å²) >= 11 is 0. The number of aromatic nitrogens is 2. The number of rotatable bonds is 2. The van der Waals surface area contributed by atoms with Gasteiger partial charge in [0.1, 0.15) is 12.1 Å². The molecule has 2 rings (SSSR count). The van der Waals surface area contributed by atoms with E-state index in [1.54, 1.807) is 13.4 Å². The second kappa shape index (κ2) is 7.78. The minimum absolute atomic E-state index is 0.500. The predicted molar refractivity (Wildman–Crippen MR) is 72.0 cm³/mol. The number of hydrogen-bond donors (Lipinski definition) is 2. The molecule has 0 spiro atoms. The normalized spacial score (nSPS) is 18.2. The lowest BCUT2D eigenvalue weighted by Gasteiger charge is -2.32. The van der Waals surface area contributed by atoms with Crippen LogP contribution in [0.2, 0.25) is 0 Å². The van der Waals surface area contributed by atoms with Gasteiger partial charge in [-0.05, 0) is 6.92 Å². The fourth-order valence-corrected chi connectivity index (χ4v) is 1.75. The van der Waals surface area contributed by atoms with Crippen molar-refractivity contribution < 1.29 is 27.8 Å². The third kappa shape index (κ3) is 5.72. The minimum atomic E-state index is -5.08. The molecule has 0 radical (unpaired) electrons. The molecular weight excluding hydrogens is 305 g/mol. The molecule has 1 aliphatic rings. The third-order valence-electron chi connectivity index (χ3n) is 2.77. The summed E-state index contributed by atoms with van der Waals surface area (Å²) in [6, 6.07) is 2.37. The van der Waals surface area contributed by atoms with Gasteiger partial charge in [-0.3, -0.25) is 0 Å². The molecule has 0 amide bonds. The maximum Gasteiger partial charge on any atom is 0.490 e. The van der Waals surface area contributed by atoms with E-state index in [1.165, 1.54) is 0 Å². The molecule has 0 aromatic carbocycles. The number of piperazine rings is 1. The Morgan fingerprint density at radius 2 is 2.14 bits per heavy atom. The molecule has 0 aliphatic carbocycles. The van der Waals surface area contributed by atoms with E-state index >= 15 is 0 Å². The van der Waals surface area contributed by atoms with Crippen molar-refractivity contribution >= 4 is 11.8 Å². The summed E-state index contributed by atoms with van der Waals surface area (Å²) in [7, 11) is 1.62. The van der Waals surface area contributed by atoms with Crippen molar-refractivity contribution in [3.8, 4) is 5.88 Å². The Morgan fingerprint density at radius 3 is 2.64 bits per heavy atom. The summed E-state index contributed by atoms with van der Waals surface area (Å²) in [5, 5.41) is 10.5. The number of hydrogen-bond acceptors (Lipinski definition) is 6. The van der Waals surface area contributed by atoms with Gasteiger partial charge in [-0.1, -0.05) is 0 Å². The molecule has 1 aromatic heterocycles. The Bertz CT molecular complexity index is 499. The number of nitrogens with zero attached hydrogens (tertiary/aromatic N) is 3. The van der Waals surface area contributed by atoms with Crippen LogP contribution in [0.3, 0.4) is 0 Å². The number of alkyl halides is 3. The van der Waals surface area contributed by atoms with Gasteiger partial charge in [0.15, 0.2) is 0 Å². The van der Waals surface area contributed by atoms with E-state index in [4.69, 9.17) is 14.6 Å². The molecule has 1 unspecified atom stereocenters. The zero-order valence-electron chi connectivity index (χ0n) is 12.1. The lowest BCUT2D eigenvalue weighted by Crippen LogP contribution is -2.49. The maximum atomic E-state index is 10.6. The highest BCUT2D eigenvalue weighted by Crippen LogP contribution is 2.16. The first-order valence-corrected chi connectivity index (χ1v) is 6.38. The van der Waals surface area contributed by atoms with Crippen LogP contribution < -0.4 is 15.0 Å². The van der Waals surface area contributed by atoms with Gasteiger partial charge in [-0.25, -0.2) is 14.8 Å². The van der Waals surface area contributed by atoms with Gasteiger partial charge in [-0.15, -0.1) is 0 Å². The highest BCUT2D eigenvalue weighted by atomic mass is 19.4. The van der Waals surface area contributed by atoms with Crippen LogP contribution >= 0.6 is 0 Å². The van der Waals surface area contributed by atoms with Crippen LogP contribution in [0.1, 0.15) is 6.92 Å². The first kappa shape index (κ1) is 18.0. The van der Waals surface area contributed by atoms with Crippen LogP contribution in [0.25, 0.3) is 0 Å². The lowest BCUT2D eigenvalue weighted by atomic mass is 10.2. The maximum absolute atomic E-state index is 10.6. The molecule has 10 heteroatoms. The SMILES string of the molecule is COc1cc(N2CCNC(C)C2)ncn1.O=C(O)C(F)(F)F. The van der Waals surface area contributed by atoms with Crippen molar-refractivity contribution in [3.05, 3.63) is 12.4 Å². The molecule has 2 N–H and O–H groups in total.